The first kappa shape index (κ1) is 21.8. The standard InChI is InChI=1S/C18H21N5O5S2/c1-9(2)4-6-28-17(26)11-5-7-29-16-13(15(25)23(11)16)21-14(24)12(22-27-3)10-8-30-18(19)20-10/h4-5,8,13,16H,6-7H2,1-3H3,(H2,19,20)(H,21,24)/b22-12-/t13?,16-/m1/s1. The van der Waals surface area contributed by atoms with Gasteiger partial charge in [-0.1, -0.05) is 10.7 Å². The van der Waals surface area contributed by atoms with Crippen LogP contribution in [0, 0.1) is 0 Å². The van der Waals surface area contributed by atoms with Crippen molar-refractivity contribution in [1.82, 2.24) is 15.2 Å². The number of nitrogen functional groups attached to an aromatic ring is 1. The number of thiazole rings is 1. The number of anilines is 1. The van der Waals surface area contributed by atoms with Crippen LogP contribution in [0.4, 0.5) is 5.13 Å². The number of allylic oxidation sites excluding steroid dienone is 1. The van der Waals surface area contributed by atoms with Gasteiger partial charge in [0.1, 0.15) is 36.5 Å². The molecule has 0 spiro atoms. The van der Waals surface area contributed by atoms with Gasteiger partial charge in [-0.05, 0) is 26.0 Å². The number of hydrogen-bond acceptors (Lipinski definition) is 10. The predicted molar refractivity (Wildman–Crippen MR) is 114 cm³/mol. The molecule has 0 radical (unpaired) electrons. The SMILES string of the molecule is CO/N=C(\C(=O)NC1C(=O)N2C(C(=O)OCC=C(C)C)=CCS[C@H]12)c1csc(N)n1. The summed E-state index contributed by atoms with van der Waals surface area (Å²) >= 11 is 2.58. The van der Waals surface area contributed by atoms with Crippen LogP contribution < -0.4 is 11.1 Å². The number of amides is 2. The molecule has 1 aromatic heterocycles. The zero-order chi connectivity index (χ0) is 21.8. The molecular formula is C18H21N5O5S2. The van der Waals surface area contributed by atoms with Gasteiger partial charge in [-0.15, -0.1) is 23.1 Å². The van der Waals surface area contributed by atoms with Crippen molar-refractivity contribution in [2.45, 2.75) is 25.3 Å². The minimum Gasteiger partial charge on any atom is -0.457 e. The molecule has 12 heteroatoms. The fourth-order valence-corrected chi connectivity index (χ4v) is 4.53. The van der Waals surface area contributed by atoms with E-state index in [2.05, 4.69) is 15.5 Å². The van der Waals surface area contributed by atoms with Gasteiger partial charge in [-0.3, -0.25) is 14.5 Å². The van der Waals surface area contributed by atoms with Gasteiger partial charge in [0.15, 0.2) is 10.8 Å². The Morgan fingerprint density at radius 1 is 1.47 bits per heavy atom. The molecule has 3 rings (SSSR count). The van der Waals surface area contributed by atoms with E-state index < -0.39 is 29.2 Å². The largest absolute Gasteiger partial charge is 0.457 e. The Labute approximate surface area is 181 Å². The summed E-state index contributed by atoms with van der Waals surface area (Å²) in [4.78, 5) is 47.8. The summed E-state index contributed by atoms with van der Waals surface area (Å²) in [6.07, 6.45) is 3.42. The highest BCUT2D eigenvalue weighted by molar-refractivity contribution is 8.00. The number of nitrogens with one attached hydrogen (secondary N) is 1. The molecular weight excluding hydrogens is 430 g/mol. The summed E-state index contributed by atoms with van der Waals surface area (Å²) in [6.45, 7) is 3.92. The molecule has 3 heterocycles. The molecule has 0 bridgehead atoms. The van der Waals surface area contributed by atoms with Crippen LogP contribution in [-0.4, -0.2) is 64.3 Å². The summed E-state index contributed by atoms with van der Waals surface area (Å²) in [5, 5.41) is 7.79. The average Bonchev–Trinajstić information content (AvgIpc) is 3.14. The van der Waals surface area contributed by atoms with Crippen LogP contribution in [0.2, 0.25) is 0 Å². The normalized spacial score (nSPS) is 20.5. The molecule has 1 aromatic rings. The molecule has 1 saturated heterocycles. The van der Waals surface area contributed by atoms with Crippen molar-refractivity contribution in [2.75, 3.05) is 25.2 Å². The smallest absolute Gasteiger partial charge is 0.355 e. The summed E-state index contributed by atoms with van der Waals surface area (Å²) in [5.74, 6) is -1.09. The molecule has 1 unspecified atom stereocenters. The second kappa shape index (κ2) is 9.30. The number of β-lactam (4-membered cyclic amide) rings is 1. The fourth-order valence-electron chi connectivity index (χ4n) is 2.79. The molecule has 160 valence electrons. The summed E-state index contributed by atoms with van der Waals surface area (Å²) in [7, 11) is 1.30. The van der Waals surface area contributed by atoms with Crippen LogP contribution in [0.5, 0.6) is 0 Å². The topological polar surface area (TPSA) is 136 Å². The van der Waals surface area contributed by atoms with Crippen molar-refractivity contribution >= 4 is 51.7 Å². The molecule has 0 aliphatic carbocycles. The molecule has 0 saturated carbocycles. The Morgan fingerprint density at radius 3 is 2.87 bits per heavy atom. The zero-order valence-corrected chi connectivity index (χ0v) is 18.2. The average molecular weight is 452 g/mol. The third-order valence-electron chi connectivity index (χ3n) is 4.21. The van der Waals surface area contributed by atoms with E-state index >= 15 is 0 Å². The number of thioether (sulfide) groups is 1. The Kier molecular flexibility index (Phi) is 6.77. The molecule has 2 atom stereocenters. The number of carbonyl (C=O) groups is 3. The van der Waals surface area contributed by atoms with Gasteiger partial charge in [0.2, 0.25) is 0 Å². The third-order valence-corrected chi connectivity index (χ3v) is 6.07. The van der Waals surface area contributed by atoms with Crippen LogP contribution >= 0.6 is 23.1 Å². The zero-order valence-electron chi connectivity index (χ0n) is 16.6. The maximum absolute atomic E-state index is 12.7. The Balaban J connectivity index is 1.67. The highest BCUT2D eigenvalue weighted by Gasteiger charge is 2.53. The van der Waals surface area contributed by atoms with Gasteiger partial charge in [-0.25, -0.2) is 9.78 Å². The lowest BCUT2D eigenvalue weighted by molar-refractivity contribution is -0.151. The number of rotatable bonds is 7. The maximum atomic E-state index is 12.7. The van der Waals surface area contributed by atoms with Gasteiger partial charge < -0.3 is 20.6 Å². The lowest BCUT2D eigenvalue weighted by Gasteiger charge is -2.48. The molecule has 3 N–H and O–H groups in total. The van der Waals surface area contributed by atoms with Crippen LogP contribution in [0.15, 0.2) is 34.0 Å². The first-order valence-electron chi connectivity index (χ1n) is 8.92. The van der Waals surface area contributed by atoms with Gasteiger partial charge in [0, 0.05) is 11.1 Å². The molecule has 0 aromatic carbocycles. The summed E-state index contributed by atoms with van der Waals surface area (Å²) in [6, 6.07) is -0.810. The Hall–Kier alpha value is -2.86. The van der Waals surface area contributed by atoms with E-state index in [-0.39, 0.29) is 28.8 Å². The van der Waals surface area contributed by atoms with Crippen molar-refractivity contribution in [3.63, 3.8) is 0 Å². The van der Waals surface area contributed by atoms with E-state index in [1.807, 2.05) is 13.8 Å². The van der Waals surface area contributed by atoms with Crippen molar-refractivity contribution in [2.24, 2.45) is 5.16 Å². The molecule has 2 amide bonds. The highest BCUT2D eigenvalue weighted by Crippen LogP contribution is 2.37. The number of esters is 1. The summed E-state index contributed by atoms with van der Waals surface area (Å²) < 4.78 is 5.21. The fraction of sp³-hybridized carbons (Fsp3) is 0.389. The van der Waals surface area contributed by atoms with E-state index in [1.54, 1.807) is 17.5 Å². The third kappa shape index (κ3) is 4.49. The number of oxime groups is 1. The number of nitrogens with zero attached hydrogens (tertiary/aromatic N) is 3. The van der Waals surface area contributed by atoms with Crippen molar-refractivity contribution in [1.29, 1.82) is 0 Å². The Bertz CT molecular complexity index is 951. The Morgan fingerprint density at radius 2 is 2.23 bits per heavy atom. The first-order chi connectivity index (χ1) is 14.3. The number of aromatic nitrogens is 1. The molecule has 1 fully saturated rings. The van der Waals surface area contributed by atoms with E-state index in [9.17, 15) is 14.4 Å². The highest BCUT2D eigenvalue weighted by atomic mass is 32.2. The first-order valence-corrected chi connectivity index (χ1v) is 10.8. The second-order valence-corrected chi connectivity index (χ2v) is 8.59. The van der Waals surface area contributed by atoms with Gasteiger partial charge >= 0.3 is 5.97 Å². The minimum atomic E-state index is -0.810. The van der Waals surface area contributed by atoms with E-state index in [4.69, 9.17) is 15.3 Å². The van der Waals surface area contributed by atoms with E-state index in [0.717, 1.165) is 16.9 Å². The molecule has 10 nitrogen and oxygen atoms in total. The van der Waals surface area contributed by atoms with Gasteiger partial charge in [0.05, 0.1) is 0 Å². The second-order valence-electron chi connectivity index (χ2n) is 6.55. The van der Waals surface area contributed by atoms with Gasteiger partial charge in [-0.2, -0.15) is 0 Å². The minimum absolute atomic E-state index is 0.0885. The van der Waals surface area contributed by atoms with Crippen LogP contribution in [-0.2, 0) is 24.0 Å². The monoisotopic (exact) mass is 451 g/mol. The summed E-state index contributed by atoms with van der Waals surface area (Å²) in [5.41, 5.74) is 6.99. The number of hydrogen-bond donors (Lipinski definition) is 2. The molecule has 2 aliphatic heterocycles. The predicted octanol–water partition coefficient (Wildman–Crippen LogP) is 0.869. The van der Waals surface area contributed by atoms with Crippen LogP contribution in [0.25, 0.3) is 0 Å². The lowest BCUT2D eigenvalue weighted by Crippen LogP contribution is -2.70. The lowest BCUT2D eigenvalue weighted by atomic mass is 10.0. The van der Waals surface area contributed by atoms with Gasteiger partial charge in [0.25, 0.3) is 11.8 Å². The van der Waals surface area contributed by atoms with E-state index in [1.165, 1.54) is 23.8 Å². The quantitative estimate of drug-likeness (QED) is 0.205. The van der Waals surface area contributed by atoms with Crippen LogP contribution in [0.3, 0.4) is 0 Å². The number of carbonyl (C=O) groups excluding carboxylic acids is 3. The number of ether oxygens (including phenoxy) is 1. The molecule has 30 heavy (non-hydrogen) atoms. The number of fused-ring (bicyclic) bond motifs is 1. The maximum Gasteiger partial charge on any atom is 0.355 e. The van der Waals surface area contributed by atoms with Crippen molar-refractivity contribution in [3.05, 3.63) is 34.5 Å². The van der Waals surface area contributed by atoms with Crippen LogP contribution in [0.1, 0.15) is 19.5 Å². The van der Waals surface area contributed by atoms with E-state index in [0.29, 0.717) is 5.75 Å². The number of nitrogens with two attached hydrogens (primary N) is 1. The van der Waals surface area contributed by atoms with Crippen molar-refractivity contribution in [3.8, 4) is 0 Å². The molecule has 2 aliphatic rings. The van der Waals surface area contributed by atoms with Crippen molar-refractivity contribution < 1.29 is 24.0 Å².